The van der Waals surface area contributed by atoms with Gasteiger partial charge in [0, 0.05) is 0 Å². The standard InChI is InChI=1S/C24H42O21/c25-1-7-11(30)14(33)16(35)22(42-7)44-19-13(32)8(2-26)41-21(18(19)37)39-4-9-12(31)15(34)17(36)23(43-9)45-20-10(29)6(28)3-40-24(20,38)5-27/h6-23,25-38H,1-5H2/t6-,7-,8-,9-,10-,11+,12-,13+,14+,15+,16-,17-,18-,19+,20+,21+,22-,23-,24+/m1/s1. The molecule has 45 heavy (non-hydrogen) atoms. The fraction of sp³-hybridized carbons (Fsp3) is 1.00. The molecule has 0 spiro atoms. The fourth-order valence-corrected chi connectivity index (χ4v) is 5.39. The maximum atomic E-state index is 10.9. The Balaban J connectivity index is 1.45. The minimum Gasteiger partial charge on any atom is -0.394 e. The molecule has 4 saturated heterocycles. The van der Waals surface area contributed by atoms with E-state index in [2.05, 4.69) is 0 Å². The van der Waals surface area contributed by atoms with Crippen molar-refractivity contribution in [3.8, 4) is 0 Å². The van der Waals surface area contributed by atoms with Crippen LogP contribution in [0, 0.1) is 0 Å². The smallest absolute Gasteiger partial charge is 0.219 e. The van der Waals surface area contributed by atoms with Crippen LogP contribution in [0.1, 0.15) is 0 Å². The van der Waals surface area contributed by atoms with Crippen molar-refractivity contribution in [2.75, 3.05) is 33.0 Å². The zero-order valence-electron chi connectivity index (χ0n) is 23.5. The minimum atomic E-state index is -2.56. The van der Waals surface area contributed by atoms with E-state index < -0.39 is 149 Å². The summed E-state index contributed by atoms with van der Waals surface area (Å²) in [6.45, 7) is -4.11. The summed E-state index contributed by atoms with van der Waals surface area (Å²) in [5.41, 5.74) is 0. The summed E-state index contributed by atoms with van der Waals surface area (Å²) >= 11 is 0. The van der Waals surface area contributed by atoms with Crippen LogP contribution in [0.25, 0.3) is 0 Å². The van der Waals surface area contributed by atoms with Crippen molar-refractivity contribution in [2.45, 2.75) is 116 Å². The molecule has 264 valence electrons. The Bertz CT molecular complexity index is 931. The lowest BCUT2D eigenvalue weighted by molar-refractivity contribution is -0.391. The van der Waals surface area contributed by atoms with Crippen molar-refractivity contribution in [3.05, 3.63) is 0 Å². The molecule has 0 aromatic heterocycles. The summed E-state index contributed by atoms with van der Waals surface area (Å²) in [5, 5.41) is 143. The van der Waals surface area contributed by atoms with E-state index in [1.165, 1.54) is 0 Å². The summed E-state index contributed by atoms with van der Waals surface area (Å²) in [6, 6.07) is 0. The quantitative estimate of drug-likeness (QED) is 0.103. The van der Waals surface area contributed by atoms with Crippen molar-refractivity contribution < 1.29 is 105 Å². The first kappa shape index (κ1) is 37.0. The molecule has 0 aromatic carbocycles. The van der Waals surface area contributed by atoms with Gasteiger partial charge in [-0.05, 0) is 0 Å². The molecular weight excluding hydrogens is 624 g/mol. The Morgan fingerprint density at radius 2 is 1.07 bits per heavy atom. The van der Waals surface area contributed by atoms with Crippen LogP contribution in [0.2, 0.25) is 0 Å². The molecule has 0 radical (unpaired) electrons. The molecule has 4 heterocycles. The van der Waals surface area contributed by atoms with Gasteiger partial charge in [0.25, 0.3) is 0 Å². The van der Waals surface area contributed by atoms with Crippen molar-refractivity contribution >= 4 is 0 Å². The van der Waals surface area contributed by atoms with Crippen LogP contribution in [0.15, 0.2) is 0 Å². The monoisotopic (exact) mass is 666 g/mol. The van der Waals surface area contributed by atoms with Gasteiger partial charge in [0.2, 0.25) is 5.79 Å². The molecule has 19 atom stereocenters. The molecule has 4 aliphatic heterocycles. The van der Waals surface area contributed by atoms with Crippen LogP contribution in [0.4, 0.5) is 0 Å². The van der Waals surface area contributed by atoms with Crippen molar-refractivity contribution in [2.24, 2.45) is 0 Å². The first-order valence-electron chi connectivity index (χ1n) is 14.1. The van der Waals surface area contributed by atoms with Gasteiger partial charge >= 0.3 is 0 Å². The van der Waals surface area contributed by atoms with Crippen molar-refractivity contribution in [1.29, 1.82) is 0 Å². The van der Waals surface area contributed by atoms with Crippen LogP contribution in [-0.4, -0.2) is 221 Å². The summed E-state index contributed by atoms with van der Waals surface area (Å²) in [6.07, 6.45) is -32.2. The second kappa shape index (κ2) is 15.1. The van der Waals surface area contributed by atoms with Gasteiger partial charge < -0.3 is 105 Å². The Morgan fingerprint density at radius 3 is 1.64 bits per heavy atom. The molecule has 21 heteroatoms. The first-order chi connectivity index (χ1) is 21.2. The molecule has 14 N–H and O–H groups in total. The second-order valence-electron chi connectivity index (χ2n) is 11.3. The maximum absolute atomic E-state index is 10.9. The number of aliphatic hydroxyl groups is 14. The molecule has 0 aliphatic carbocycles. The molecule has 4 aliphatic rings. The Kier molecular flexibility index (Phi) is 12.5. The topological polar surface area (TPSA) is 348 Å². The van der Waals surface area contributed by atoms with Crippen LogP contribution in [0.3, 0.4) is 0 Å². The highest BCUT2D eigenvalue weighted by atomic mass is 16.8. The molecule has 4 rings (SSSR count). The average molecular weight is 667 g/mol. The number of hydrogen-bond donors (Lipinski definition) is 14. The second-order valence-corrected chi connectivity index (χ2v) is 11.3. The average Bonchev–Trinajstić information content (AvgIpc) is 3.03. The largest absolute Gasteiger partial charge is 0.394 e. The molecule has 0 bridgehead atoms. The van der Waals surface area contributed by atoms with Gasteiger partial charge in [-0.15, -0.1) is 0 Å². The third-order valence-electron chi connectivity index (χ3n) is 8.22. The summed E-state index contributed by atoms with van der Waals surface area (Å²) in [5.74, 6) is -2.56. The van der Waals surface area contributed by atoms with E-state index in [4.69, 9.17) is 33.2 Å². The number of aliphatic hydroxyl groups excluding tert-OH is 13. The highest BCUT2D eigenvalue weighted by Gasteiger charge is 2.55. The third kappa shape index (κ3) is 7.44. The molecule has 0 aromatic rings. The molecule has 4 fully saturated rings. The predicted molar refractivity (Wildman–Crippen MR) is 134 cm³/mol. The molecule has 0 amide bonds. The summed E-state index contributed by atoms with van der Waals surface area (Å²) in [4.78, 5) is 0. The van der Waals surface area contributed by atoms with E-state index in [0.29, 0.717) is 0 Å². The van der Waals surface area contributed by atoms with Gasteiger partial charge in [-0.1, -0.05) is 0 Å². The van der Waals surface area contributed by atoms with E-state index in [1.54, 1.807) is 0 Å². The van der Waals surface area contributed by atoms with Crippen molar-refractivity contribution in [3.63, 3.8) is 0 Å². The van der Waals surface area contributed by atoms with Crippen molar-refractivity contribution in [1.82, 2.24) is 0 Å². The highest BCUT2D eigenvalue weighted by Crippen LogP contribution is 2.33. The van der Waals surface area contributed by atoms with Gasteiger partial charge in [-0.3, -0.25) is 0 Å². The van der Waals surface area contributed by atoms with E-state index in [-0.39, 0.29) is 0 Å². The van der Waals surface area contributed by atoms with Crippen LogP contribution in [0.5, 0.6) is 0 Å². The van der Waals surface area contributed by atoms with E-state index >= 15 is 0 Å². The lowest BCUT2D eigenvalue weighted by Gasteiger charge is -2.47. The zero-order valence-corrected chi connectivity index (χ0v) is 23.5. The Labute approximate surface area is 254 Å². The van der Waals surface area contributed by atoms with Gasteiger partial charge in [0.1, 0.15) is 91.6 Å². The lowest BCUT2D eigenvalue weighted by atomic mass is 9.95. The van der Waals surface area contributed by atoms with Gasteiger partial charge in [-0.2, -0.15) is 0 Å². The maximum Gasteiger partial charge on any atom is 0.219 e. The highest BCUT2D eigenvalue weighted by molar-refractivity contribution is 4.97. The van der Waals surface area contributed by atoms with Crippen LogP contribution < -0.4 is 0 Å². The number of hydrogen-bond acceptors (Lipinski definition) is 21. The van der Waals surface area contributed by atoms with Gasteiger partial charge in [0.15, 0.2) is 18.9 Å². The zero-order chi connectivity index (χ0) is 33.4. The van der Waals surface area contributed by atoms with Crippen LogP contribution in [-0.2, 0) is 33.2 Å². The SMILES string of the molecule is OC[C@H]1O[C@H](O[C@H]2[C@@H](O)[C@@H](CO)O[C@H](OC[C@H]3O[C@H](O[C@H]4[C@H](O)[C@H](O)CO[C@@]4(O)CO)[C@H](O)[C@@H](O)[C@@H]3O)[C@@H]2O)[C@H](O)[C@@H](O)[C@H]1O. The molecule has 21 nitrogen and oxygen atoms in total. The van der Waals surface area contributed by atoms with E-state index in [1.807, 2.05) is 0 Å². The third-order valence-corrected chi connectivity index (χ3v) is 8.22. The lowest BCUT2D eigenvalue weighted by Crippen LogP contribution is -2.67. The Hall–Kier alpha value is -0.840. The van der Waals surface area contributed by atoms with Gasteiger partial charge in [0.05, 0.1) is 33.0 Å². The normalized spacial score (nSPS) is 52.9. The molecule has 0 unspecified atom stereocenters. The van der Waals surface area contributed by atoms with Crippen LogP contribution >= 0.6 is 0 Å². The molecule has 0 saturated carbocycles. The summed E-state index contributed by atoms with van der Waals surface area (Å²) in [7, 11) is 0. The number of ether oxygens (including phenoxy) is 7. The fourth-order valence-electron chi connectivity index (χ4n) is 5.39. The predicted octanol–water partition coefficient (Wildman–Crippen LogP) is -9.75. The molecular formula is C24H42O21. The number of rotatable bonds is 10. The first-order valence-corrected chi connectivity index (χ1v) is 14.1. The van der Waals surface area contributed by atoms with Gasteiger partial charge in [-0.25, -0.2) is 0 Å². The van der Waals surface area contributed by atoms with E-state index in [9.17, 15) is 71.5 Å². The summed E-state index contributed by atoms with van der Waals surface area (Å²) < 4.78 is 37.4. The van der Waals surface area contributed by atoms with E-state index in [0.717, 1.165) is 0 Å². The Morgan fingerprint density at radius 1 is 0.556 bits per heavy atom. The minimum absolute atomic E-state index is 0.585.